The van der Waals surface area contributed by atoms with E-state index in [0.29, 0.717) is 76.4 Å². The Kier molecular flexibility index (Phi) is 16.2. The van der Waals surface area contributed by atoms with Crippen LogP contribution in [0.2, 0.25) is 0 Å². The summed E-state index contributed by atoms with van der Waals surface area (Å²) in [6.45, 7) is 6.60. The third-order valence-corrected chi connectivity index (χ3v) is 7.10. The van der Waals surface area contributed by atoms with Gasteiger partial charge in [-0.2, -0.15) is 15.3 Å². The Balaban J connectivity index is 1.85. The lowest BCUT2D eigenvalue weighted by atomic mass is 10.0. The summed E-state index contributed by atoms with van der Waals surface area (Å²) in [5.74, 6) is -1.01. The molecule has 17 heteroatoms. The average Bonchev–Trinajstić information content (AvgIpc) is 3.05. The van der Waals surface area contributed by atoms with Crippen LogP contribution in [-0.4, -0.2) is 52.6 Å². The molecule has 0 radical (unpaired) electrons. The molecule has 2 amide bonds. The normalized spacial score (nSPS) is 11.7. The third-order valence-electron chi connectivity index (χ3n) is 7.10. The summed E-state index contributed by atoms with van der Waals surface area (Å²) in [5, 5.41) is 28.8. The Hall–Kier alpha value is -6.13. The fraction of sp³-hybridized carbons (Fsp3) is 0.364. The molecule has 0 aromatic heterocycles. The number of nitrogens with one attached hydrogen (secondary N) is 2. The van der Waals surface area contributed by atoms with Crippen molar-refractivity contribution in [3.05, 3.63) is 58.7 Å². The number of rotatable bonds is 18. The molecule has 0 saturated carbocycles. The lowest BCUT2D eigenvalue weighted by Crippen LogP contribution is -2.22. The number of hydrogen-bond donors (Lipinski definition) is 8. The highest BCUT2D eigenvalue weighted by Gasteiger charge is 2.12. The van der Waals surface area contributed by atoms with Crippen LogP contribution in [0.3, 0.4) is 0 Å². The number of carbonyl (C=O) groups excluding carboxylic acids is 3. The summed E-state index contributed by atoms with van der Waals surface area (Å²) >= 11 is 0. The minimum absolute atomic E-state index is 0.142. The lowest BCUT2D eigenvalue weighted by Gasteiger charge is -2.11. The van der Waals surface area contributed by atoms with Gasteiger partial charge in [0.1, 0.15) is 0 Å². The first-order valence-corrected chi connectivity index (χ1v) is 16.0. The van der Waals surface area contributed by atoms with Crippen LogP contribution in [0, 0.1) is 0 Å². The Labute approximate surface area is 291 Å². The van der Waals surface area contributed by atoms with Crippen LogP contribution in [-0.2, 0) is 9.59 Å². The standard InChI is InChI=1S/C33H48N14O3/c1-19(42-45-31(34)35)23-13-24(20(2)43-46-32(36)37)16-27(15-23)40-29(49)11-9-7-5-6-8-10-12-30(50)41-28-17-25(14-26(18-28)22(4)48)21(3)44-47-33(38)39/h13-18H,5-12H2,1-4H3,(H,40,49)(H,41,50)(H4,34,35,45)(H4,36,37,46)(H4,38,39,47). The Morgan fingerprint density at radius 1 is 0.460 bits per heavy atom. The fourth-order valence-corrected chi connectivity index (χ4v) is 4.53. The minimum Gasteiger partial charge on any atom is -0.369 e. The Bertz CT molecular complexity index is 1660. The van der Waals surface area contributed by atoms with Crippen molar-refractivity contribution in [1.82, 2.24) is 0 Å². The van der Waals surface area contributed by atoms with Crippen LogP contribution in [0.15, 0.2) is 67.0 Å². The van der Waals surface area contributed by atoms with Gasteiger partial charge in [0.15, 0.2) is 5.78 Å². The average molecular weight is 689 g/mol. The van der Waals surface area contributed by atoms with E-state index < -0.39 is 0 Å². The molecular weight excluding hydrogens is 640 g/mol. The number of benzene rings is 2. The first-order valence-electron chi connectivity index (χ1n) is 16.0. The van der Waals surface area contributed by atoms with Crippen molar-refractivity contribution in [3.8, 4) is 0 Å². The summed E-state index contributed by atoms with van der Waals surface area (Å²) < 4.78 is 0. The van der Waals surface area contributed by atoms with E-state index in [-0.39, 0.29) is 35.5 Å². The number of guanidine groups is 3. The smallest absolute Gasteiger partial charge is 0.224 e. The van der Waals surface area contributed by atoms with Gasteiger partial charge in [-0.1, -0.05) is 25.7 Å². The molecule has 0 aliphatic heterocycles. The predicted molar refractivity (Wildman–Crippen MR) is 201 cm³/mol. The molecule has 0 atom stereocenters. The second-order valence-corrected chi connectivity index (χ2v) is 11.5. The largest absolute Gasteiger partial charge is 0.369 e. The van der Waals surface area contributed by atoms with E-state index in [1.165, 1.54) is 6.92 Å². The fourth-order valence-electron chi connectivity index (χ4n) is 4.53. The number of unbranched alkanes of at least 4 members (excludes halogenated alkanes) is 5. The molecule has 0 saturated heterocycles. The van der Waals surface area contributed by atoms with Crippen molar-refractivity contribution < 1.29 is 14.4 Å². The lowest BCUT2D eigenvalue weighted by molar-refractivity contribution is -0.117. The third kappa shape index (κ3) is 15.2. The van der Waals surface area contributed by atoms with Gasteiger partial charge in [-0.25, -0.2) is 0 Å². The van der Waals surface area contributed by atoms with Gasteiger partial charge in [-0.3, -0.25) is 14.4 Å². The molecule has 2 rings (SSSR count). The van der Waals surface area contributed by atoms with E-state index in [2.05, 4.69) is 41.2 Å². The van der Waals surface area contributed by atoms with Crippen molar-refractivity contribution in [2.45, 2.75) is 79.1 Å². The number of nitrogens with zero attached hydrogens (tertiary/aromatic N) is 6. The van der Waals surface area contributed by atoms with Crippen molar-refractivity contribution in [2.24, 2.45) is 65.0 Å². The van der Waals surface area contributed by atoms with Crippen LogP contribution >= 0.6 is 0 Å². The quantitative estimate of drug-likeness (QED) is 0.0374. The monoisotopic (exact) mass is 688 g/mol. The summed E-state index contributed by atoms with van der Waals surface area (Å²) in [6, 6.07) is 10.3. The van der Waals surface area contributed by atoms with Gasteiger partial charge < -0.3 is 45.0 Å². The van der Waals surface area contributed by atoms with Gasteiger partial charge in [0.2, 0.25) is 29.7 Å². The predicted octanol–water partition coefficient (Wildman–Crippen LogP) is 2.58. The molecule has 50 heavy (non-hydrogen) atoms. The molecular formula is C33H48N14O3. The first-order chi connectivity index (χ1) is 23.6. The van der Waals surface area contributed by atoms with E-state index in [0.717, 1.165) is 25.7 Å². The summed E-state index contributed by atoms with van der Waals surface area (Å²) in [6.07, 6.45) is 5.64. The molecule has 0 spiro atoms. The Morgan fingerprint density at radius 2 is 0.760 bits per heavy atom. The topological polar surface area (TPSA) is 306 Å². The van der Waals surface area contributed by atoms with Crippen molar-refractivity contribution >= 4 is 64.0 Å². The van der Waals surface area contributed by atoms with E-state index in [1.54, 1.807) is 57.2 Å². The first kappa shape index (κ1) is 40.0. The van der Waals surface area contributed by atoms with E-state index >= 15 is 0 Å². The molecule has 0 fully saturated rings. The summed E-state index contributed by atoms with van der Waals surface area (Å²) in [5.41, 5.74) is 37.2. The van der Waals surface area contributed by atoms with Gasteiger partial charge in [0.25, 0.3) is 0 Å². The highest BCUT2D eigenvalue weighted by Crippen LogP contribution is 2.20. The highest BCUT2D eigenvalue weighted by molar-refractivity contribution is 6.07. The second kappa shape index (κ2) is 20.3. The van der Waals surface area contributed by atoms with E-state index in [9.17, 15) is 14.4 Å². The molecule has 14 N–H and O–H groups in total. The van der Waals surface area contributed by atoms with Crippen LogP contribution in [0.5, 0.6) is 0 Å². The van der Waals surface area contributed by atoms with Crippen molar-refractivity contribution in [3.63, 3.8) is 0 Å². The Morgan fingerprint density at radius 3 is 1.08 bits per heavy atom. The van der Waals surface area contributed by atoms with Crippen molar-refractivity contribution in [2.75, 3.05) is 10.6 Å². The number of hydrogen-bond acceptors (Lipinski definition) is 9. The SMILES string of the molecule is CC(=O)c1cc(NC(=O)CCCCCCCCC(=O)Nc2cc(C(C)=NN=C(N)N)cc(C(C)=NN=C(N)N)c2)cc(C(C)=NN=C(N)N)c1. The van der Waals surface area contributed by atoms with E-state index in [1.807, 2.05) is 0 Å². The van der Waals surface area contributed by atoms with Crippen molar-refractivity contribution in [1.29, 1.82) is 0 Å². The number of anilines is 2. The summed E-state index contributed by atoms with van der Waals surface area (Å²) in [7, 11) is 0. The van der Waals surface area contributed by atoms with Gasteiger partial charge in [-0.15, -0.1) is 15.3 Å². The molecule has 0 heterocycles. The highest BCUT2D eigenvalue weighted by atomic mass is 16.2. The molecule has 0 bridgehead atoms. The number of carbonyl (C=O) groups is 3. The zero-order valence-corrected chi connectivity index (χ0v) is 29.0. The van der Waals surface area contributed by atoms with Crippen LogP contribution in [0.4, 0.5) is 11.4 Å². The van der Waals surface area contributed by atoms with Gasteiger partial charge in [-0.05, 0) is 76.9 Å². The number of nitrogens with two attached hydrogens (primary N) is 6. The maximum atomic E-state index is 12.8. The zero-order chi connectivity index (χ0) is 37.2. The molecule has 0 aliphatic carbocycles. The van der Waals surface area contributed by atoms with Gasteiger partial charge in [0.05, 0.1) is 17.1 Å². The number of ketones is 1. The molecule has 268 valence electrons. The number of amides is 2. The summed E-state index contributed by atoms with van der Waals surface area (Å²) in [4.78, 5) is 37.4. The number of Topliss-reactive ketones (excluding diaryl/α,β-unsaturated/α-hetero) is 1. The minimum atomic E-state index is -0.189. The maximum Gasteiger partial charge on any atom is 0.224 e. The molecule has 0 unspecified atom stereocenters. The molecule has 2 aromatic rings. The molecule has 17 nitrogen and oxygen atoms in total. The molecule has 2 aromatic carbocycles. The zero-order valence-electron chi connectivity index (χ0n) is 29.0. The second-order valence-electron chi connectivity index (χ2n) is 11.5. The van der Waals surface area contributed by atoms with Gasteiger partial charge >= 0.3 is 0 Å². The van der Waals surface area contributed by atoms with Crippen LogP contribution in [0.25, 0.3) is 0 Å². The maximum absolute atomic E-state index is 12.8. The van der Waals surface area contributed by atoms with Crippen LogP contribution in [0.1, 0.15) is 106 Å². The van der Waals surface area contributed by atoms with Gasteiger partial charge in [0, 0.05) is 46.5 Å². The van der Waals surface area contributed by atoms with E-state index in [4.69, 9.17) is 34.4 Å². The molecule has 0 aliphatic rings. The van der Waals surface area contributed by atoms with Crippen LogP contribution < -0.4 is 45.0 Å².